The van der Waals surface area contributed by atoms with Gasteiger partial charge in [-0.25, -0.2) is 4.98 Å². The number of carbonyl (C=O) groups excluding carboxylic acids is 1. The Balaban J connectivity index is 3.16. The summed E-state index contributed by atoms with van der Waals surface area (Å²) in [7, 11) is 1.76. The normalized spacial score (nSPS) is 9.27. The van der Waals surface area contributed by atoms with Gasteiger partial charge in [-0.05, 0) is 22.0 Å². The highest BCUT2D eigenvalue weighted by atomic mass is 79.9. The zero-order chi connectivity index (χ0) is 8.27. The number of aldehydes is 1. The maximum Gasteiger partial charge on any atom is 0.282 e. The molecule has 0 bridgehead atoms. The van der Waals surface area contributed by atoms with Crippen molar-refractivity contribution in [2.75, 3.05) is 12.4 Å². The summed E-state index contributed by atoms with van der Waals surface area (Å²) in [6.07, 6.45) is 2.56. The average Bonchev–Trinajstić information content (AvgIpc) is 2.04. The molecule has 1 aromatic rings. The fourth-order valence-corrected chi connectivity index (χ4v) is 1.16. The van der Waals surface area contributed by atoms with Crippen LogP contribution in [0.4, 0.5) is 5.82 Å². The first-order chi connectivity index (χ1) is 5.27. The van der Waals surface area contributed by atoms with Crippen LogP contribution in [0.3, 0.4) is 0 Å². The van der Waals surface area contributed by atoms with Crippen LogP contribution in [0.5, 0.6) is 0 Å². The van der Waals surface area contributed by atoms with Gasteiger partial charge in [-0.2, -0.15) is 0 Å². The van der Waals surface area contributed by atoms with Gasteiger partial charge in [-0.3, -0.25) is 10.1 Å². The second-order valence-corrected chi connectivity index (χ2v) is 2.93. The number of aromatic nitrogens is 1. The average molecular weight is 216 g/mol. The van der Waals surface area contributed by atoms with E-state index in [1.165, 1.54) is 0 Å². The van der Waals surface area contributed by atoms with Crippen molar-refractivity contribution in [1.29, 1.82) is 0 Å². The van der Waals surface area contributed by atoms with E-state index in [9.17, 15) is 4.79 Å². The summed E-state index contributed by atoms with van der Waals surface area (Å²) in [5, 5.41) is 2.87. The number of aromatic amines is 1. The van der Waals surface area contributed by atoms with Gasteiger partial charge in [0.05, 0.1) is 11.5 Å². The molecule has 0 unspecified atom stereocenters. The minimum atomic E-state index is 0.613. The smallest absolute Gasteiger partial charge is 0.282 e. The van der Waals surface area contributed by atoms with Crippen molar-refractivity contribution in [2.24, 2.45) is 0 Å². The Morgan fingerprint density at radius 2 is 2.45 bits per heavy atom. The minimum Gasteiger partial charge on any atom is -0.298 e. The summed E-state index contributed by atoms with van der Waals surface area (Å²) < 4.78 is 0.860. The minimum absolute atomic E-state index is 0.613. The van der Waals surface area contributed by atoms with E-state index in [0.29, 0.717) is 5.56 Å². The highest BCUT2D eigenvalue weighted by molar-refractivity contribution is 9.10. The van der Waals surface area contributed by atoms with Gasteiger partial charge < -0.3 is 0 Å². The Morgan fingerprint density at radius 1 is 1.73 bits per heavy atom. The lowest BCUT2D eigenvalue weighted by Crippen LogP contribution is -2.12. The van der Waals surface area contributed by atoms with Crippen molar-refractivity contribution in [2.45, 2.75) is 0 Å². The number of carbonyl (C=O) groups is 1. The van der Waals surface area contributed by atoms with Gasteiger partial charge >= 0.3 is 0 Å². The van der Waals surface area contributed by atoms with E-state index < -0.39 is 0 Å². The first-order valence-electron chi connectivity index (χ1n) is 3.12. The number of H-pyrrole nitrogens is 1. The maximum atomic E-state index is 10.5. The molecule has 2 N–H and O–H groups in total. The second kappa shape index (κ2) is 3.48. The summed E-state index contributed by atoms with van der Waals surface area (Å²) in [6.45, 7) is 0. The van der Waals surface area contributed by atoms with Crippen LogP contribution in [0.1, 0.15) is 10.4 Å². The summed E-state index contributed by atoms with van der Waals surface area (Å²) in [5.41, 5.74) is 0.613. The number of anilines is 1. The van der Waals surface area contributed by atoms with Crippen molar-refractivity contribution < 1.29 is 9.78 Å². The molecule has 0 aliphatic heterocycles. The van der Waals surface area contributed by atoms with Crippen LogP contribution >= 0.6 is 15.9 Å². The summed E-state index contributed by atoms with van der Waals surface area (Å²) in [4.78, 5) is 13.4. The molecule has 0 saturated heterocycles. The second-order valence-electron chi connectivity index (χ2n) is 2.02. The van der Waals surface area contributed by atoms with E-state index in [1.54, 1.807) is 19.3 Å². The van der Waals surface area contributed by atoms with E-state index in [4.69, 9.17) is 0 Å². The molecule has 1 heterocycles. The van der Waals surface area contributed by atoms with E-state index in [1.807, 2.05) is 0 Å². The van der Waals surface area contributed by atoms with Gasteiger partial charge in [0.2, 0.25) is 0 Å². The molecule has 1 aromatic heterocycles. The molecule has 0 aliphatic carbocycles. The molecule has 11 heavy (non-hydrogen) atoms. The first-order valence-corrected chi connectivity index (χ1v) is 3.91. The quantitative estimate of drug-likeness (QED) is 0.752. The zero-order valence-corrected chi connectivity index (χ0v) is 7.60. The molecule has 0 aliphatic rings. The van der Waals surface area contributed by atoms with Crippen LogP contribution < -0.4 is 10.3 Å². The fourth-order valence-electron chi connectivity index (χ4n) is 0.796. The Bertz CT molecular complexity index is 275. The van der Waals surface area contributed by atoms with Crippen molar-refractivity contribution in [3.8, 4) is 0 Å². The number of hydrogen-bond acceptors (Lipinski definition) is 2. The summed E-state index contributed by atoms with van der Waals surface area (Å²) in [6, 6.07) is 1.75. The molecule has 0 radical (unpaired) electrons. The Morgan fingerprint density at radius 3 is 3.00 bits per heavy atom. The fraction of sp³-hybridized carbons (Fsp3) is 0.143. The molecule has 1 rings (SSSR count). The van der Waals surface area contributed by atoms with E-state index in [2.05, 4.69) is 26.2 Å². The van der Waals surface area contributed by atoms with E-state index >= 15 is 0 Å². The largest absolute Gasteiger partial charge is 0.298 e. The van der Waals surface area contributed by atoms with Crippen molar-refractivity contribution in [3.05, 3.63) is 22.3 Å². The lowest BCUT2D eigenvalue weighted by Gasteiger charge is -1.94. The molecule has 0 amide bonds. The lowest BCUT2D eigenvalue weighted by molar-refractivity contribution is -0.361. The third-order valence-corrected chi connectivity index (χ3v) is 1.77. The van der Waals surface area contributed by atoms with Crippen LogP contribution in [0.2, 0.25) is 0 Å². The highest BCUT2D eigenvalue weighted by Gasteiger charge is 2.06. The number of nitrogens with one attached hydrogen (secondary N) is 2. The van der Waals surface area contributed by atoms with Crippen LogP contribution in [0, 0.1) is 0 Å². The topological polar surface area (TPSA) is 43.2 Å². The predicted octanol–water partition coefficient (Wildman–Crippen LogP) is 1.12. The molecule has 0 fully saturated rings. The van der Waals surface area contributed by atoms with Gasteiger partial charge in [0.1, 0.15) is 11.8 Å². The molecule has 58 valence electrons. The van der Waals surface area contributed by atoms with Crippen LogP contribution in [0.15, 0.2) is 16.7 Å². The highest BCUT2D eigenvalue weighted by Crippen LogP contribution is 2.11. The SMILES string of the molecule is CNc1[nH+]cc(Br)cc1C=O. The third kappa shape index (κ3) is 1.77. The Hall–Kier alpha value is -0.900. The molecule has 0 saturated carbocycles. The molecule has 0 atom stereocenters. The first kappa shape index (κ1) is 8.20. The van der Waals surface area contributed by atoms with Gasteiger partial charge in [-0.15, -0.1) is 0 Å². The summed E-state index contributed by atoms with van der Waals surface area (Å²) >= 11 is 3.25. The number of pyridine rings is 1. The van der Waals surface area contributed by atoms with Gasteiger partial charge in [0, 0.05) is 0 Å². The predicted molar refractivity (Wildman–Crippen MR) is 45.6 cm³/mol. The number of hydrogen-bond donors (Lipinski definition) is 1. The standard InChI is InChI=1S/C7H7BrN2O/c1-9-7-5(4-11)2-6(8)3-10-7/h2-4H,1H3,(H,9,10)/p+1. The molecular formula is C7H8BrN2O+. The lowest BCUT2D eigenvalue weighted by atomic mass is 10.3. The maximum absolute atomic E-state index is 10.5. The molecule has 3 nitrogen and oxygen atoms in total. The van der Waals surface area contributed by atoms with Crippen molar-refractivity contribution in [3.63, 3.8) is 0 Å². The third-order valence-electron chi connectivity index (χ3n) is 1.31. The van der Waals surface area contributed by atoms with E-state index in [-0.39, 0.29) is 0 Å². The van der Waals surface area contributed by atoms with Crippen LogP contribution in [0.25, 0.3) is 0 Å². The Kier molecular flexibility index (Phi) is 2.59. The van der Waals surface area contributed by atoms with Crippen LogP contribution in [-0.4, -0.2) is 13.3 Å². The van der Waals surface area contributed by atoms with Gasteiger partial charge in [0.15, 0.2) is 6.29 Å². The number of rotatable bonds is 2. The van der Waals surface area contributed by atoms with Gasteiger partial charge in [-0.1, -0.05) is 0 Å². The molecular weight excluding hydrogens is 208 g/mol. The zero-order valence-electron chi connectivity index (χ0n) is 6.02. The van der Waals surface area contributed by atoms with Crippen LogP contribution in [-0.2, 0) is 0 Å². The van der Waals surface area contributed by atoms with Crippen molar-refractivity contribution >= 4 is 28.0 Å². The van der Waals surface area contributed by atoms with Crippen molar-refractivity contribution in [1.82, 2.24) is 0 Å². The Labute approximate surface area is 73.0 Å². The van der Waals surface area contributed by atoms with Gasteiger partial charge in [0.25, 0.3) is 5.82 Å². The molecule has 0 aromatic carbocycles. The monoisotopic (exact) mass is 215 g/mol. The molecule has 4 heteroatoms. The molecule has 0 spiro atoms. The van der Waals surface area contributed by atoms with E-state index in [0.717, 1.165) is 16.6 Å². The number of halogens is 1. The summed E-state index contributed by atoms with van der Waals surface area (Å²) in [5.74, 6) is 0.725.